The zero-order valence-electron chi connectivity index (χ0n) is 25.3. The van der Waals surface area contributed by atoms with Gasteiger partial charge in [-0.25, -0.2) is 4.98 Å². The van der Waals surface area contributed by atoms with Crippen molar-refractivity contribution < 1.29 is 0 Å². The molecule has 0 saturated carbocycles. The van der Waals surface area contributed by atoms with Crippen LogP contribution in [0.3, 0.4) is 0 Å². The summed E-state index contributed by atoms with van der Waals surface area (Å²) < 4.78 is 7.07. The van der Waals surface area contributed by atoms with Crippen LogP contribution in [-0.2, 0) is 0 Å². The Kier molecular flexibility index (Phi) is 4.81. The first-order valence-electron chi connectivity index (χ1n) is 16.1. The highest BCUT2D eigenvalue weighted by Crippen LogP contribution is 2.39. The molecule has 0 fully saturated rings. The molecule has 4 heteroatoms. The highest BCUT2D eigenvalue weighted by molar-refractivity contribution is 6.19. The fourth-order valence-corrected chi connectivity index (χ4v) is 8.04. The third-order valence-electron chi connectivity index (χ3n) is 9.99. The summed E-state index contributed by atoms with van der Waals surface area (Å²) in [5.41, 5.74) is 8.26. The van der Waals surface area contributed by atoms with Crippen LogP contribution in [0.2, 0.25) is 0 Å². The Hall–Kier alpha value is -6.39. The van der Waals surface area contributed by atoms with Crippen LogP contribution in [0, 0.1) is 0 Å². The fourth-order valence-electron chi connectivity index (χ4n) is 8.04. The lowest BCUT2D eigenvalue weighted by molar-refractivity contribution is 1.01. The van der Waals surface area contributed by atoms with E-state index in [2.05, 4.69) is 171 Å². The molecule has 0 saturated heterocycles. The summed E-state index contributed by atoms with van der Waals surface area (Å²) in [5.74, 6) is 1.80. The molecule has 11 aromatic rings. The summed E-state index contributed by atoms with van der Waals surface area (Å²) in [6, 6.07) is 56.9. The van der Waals surface area contributed by atoms with Gasteiger partial charge in [-0.3, -0.25) is 9.13 Å². The zero-order valence-corrected chi connectivity index (χ0v) is 25.3. The van der Waals surface area contributed by atoms with Gasteiger partial charge in [0.2, 0.25) is 0 Å². The van der Waals surface area contributed by atoms with Gasteiger partial charge in [-0.15, -0.1) is 0 Å². The molecule has 0 aliphatic carbocycles. The van der Waals surface area contributed by atoms with Gasteiger partial charge in [-0.2, -0.15) is 0 Å². The van der Waals surface area contributed by atoms with Crippen molar-refractivity contribution in [2.24, 2.45) is 0 Å². The van der Waals surface area contributed by atoms with Crippen molar-refractivity contribution in [3.05, 3.63) is 158 Å². The van der Waals surface area contributed by atoms with Crippen LogP contribution in [0.25, 0.3) is 93.3 Å². The van der Waals surface area contributed by atoms with Gasteiger partial charge in [0, 0.05) is 37.7 Å². The number of nitrogens with zero attached hydrogens (tertiary/aromatic N) is 4. The molecule has 5 aromatic heterocycles. The summed E-state index contributed by atoms with van der Waals surface area (Å²) in [4.78, 5) is 5.38. The largest absolute Gasteiger partial charge is 0.309 e. The average molecular weight is 599 g/mol. The van der Waals surface area contributed by atoms with Crippen molar-refractivity contribution in [1.82, 2.24) is 18.5 Å². The van der Waals surface area contributed by atoms with Gasteiger partial charge in [0.25, 0.3) is 0 Å². The van der Waals surface area contributed by atoms with Gasteiger partial charge < -0.3 is 4.40 Å². The van der Waals surface area contributed by atoms with E-state index in [0.717, 1.165) is 33.7 Å². The maximum atomic E-state index is 5.38. The first-order valence-corrected chi connectivity index (χ1v) is 16.1. The lowest BCUT2D eigenvalue weighted by Crippen LogP contribution is -2.03. The molecule has 0 radical (unpaired) electrons. The number of aromatic nitrogens is 4. The van der Waals surface area contributed by atoms with Crippen molar-refractivity contribution in [2.45, 2.75) is 0 Å². The smallest absolute Gasteiger partial charge is 0.140 e. The Labute approximate surface area is 268 Å². The van der Waals surface area contributed by atoms with Crippen molar-refractivity contribution in [2.75, 3.05) is 0 Å². The van der Waals surface area contributed by atoms with E-state index < -0.39 is 0 Å². The molecule has 4 nitrogen and oxygen atoms in total. The number of rotatable bonds is 2. The summed E-state index contributed by atoms with van der Waals surface area (Å²) in [6.07, 6.45) is 0. The molecule has 218 valence electrons. The minimum absolute atomic E-state index is 0.898. The number of fused-ring (bicyclic) bond motifs is 14. The third kappa shape index (κ3) is 3.28. The standard InChI is InChI=1S/C43H26N4/c1-2-14-30-28(12-1)29-13-3-7-18-35(29)45-39-26-34-33-17-6-10-21-38(33)47(41(34)25-27(39)24-40(30)45)43-23-11-22-42(44-43)46-36-19-8-4-15-31(36)32-16-5-9-20-37(32)46/h1-26H. The quantitative estimate of drug-likeness (QED) is 0.182. The topological polar surface area (TPSA) is 27.2 Å². The first-order chi connectivity index (χ1) is 23.3. The van der Waals surface area contributed by atoms with Crippen molar-refractivity contribution in [3.8, 4) is 11.6 Å². The molecule has 0 bridgehead atoms. The van der Waals surface area contributed by atoms with Gasteiger partial charge in [0.1, 0.15) is 11.6 Å². The predicted octanol–water partition coefficient (Wildman–Crippen LogP) is 11.0. The number of pyridine rings is 2. The summed E-state index contributed by atoms with van der Waals surface area (Å²) in [7, 11) is 0. The maximum Gasteiger partial charge on any atom is 0.140 e. The van der Waals surface area contributed by atoms with Gasteiger partial charge in [0.15, 0.2) is 0 Å². The number of para-hydroxylation sites is 4. The number of hydrogen-bond donors (Lipinski definition) is 0. The van der Waals surface area contributed by atoms with Crippen molar-refractivity contribution >= 4 is 81.7 Å². The Morgan fingerprint density at radius 2 is 0.723 bits per heavy atom. The fraction of sp³-hybridized carbons (Fsp3) is 0. The molecule has 0 atom stereocenters. The molecule has 5 heterocycles. The molecule has 0 unspecified atom stereocenters. The Balaban J connectivity index is 1.23. The Morgan fingerprint density at radius 1 is 0.298 bits per heavy atom. The van der Waals surface area contributed by atoms with E-state index in [0.29, 0.717) is 0 Å². The molecule has 0 amide bonds. The summed E-state index contributed by atoms with van der Waals surface area (Å²) in [6.45, 7) is 0. The molecule has 47 heavy (non-hydrogen) atoms. The molecule has 0 aliphatic heterocycles. The van der Waals surface area contributed by atoms with Crippen LogP contribution in [0.1, 0.15) is 0 Å². The van der Waals surface area contributed by atoms with Gasteiger partial charge in [-0.05, 0) is 60.0 Å². The molecular formula is C43H26N4. The van der Waals surface area contributed by atoms with E-state index in [-0.39, 0.29) is 0 Å². The molecule has 11 rings (SSSR count). The second-order valence-corrected chi connectivity index (χ2v) is 12.4. The monoisotopic (exact) mass is 598 g/mol. The SMILES string of the molecule is c1cc(-n2c3ccccc3c3ccccc32)nc(-n2c3ccccc3c3cc4c(cc32)cc2c3ccccc3c3ccccc3n42)c1. The molecule has 0 N–H and O–H groups in total. The minimum Gasteiger partial charge on any atom is -0.309 e. The highest BCUT2D eigenvalue weighted by atomic mass is 15.1. The van der Waals surface area contributed by atoms with E-state index in [9.17, 15) is 0 Å². The molecular weight excluding hydrogens is 573 g/mol. The zero-order chi connectivity index (χ0) is 30.6. The van der Waals surface area contributed by atoms with Crippen LogP contribution in [-0.4, -0.2) is 18.5 Å². The van der Waals surface area contributed by atoms with E-state index >= 15 is 0 Å². The third-order valence-corrected chi connectivity index (χ3v) is 9.99. The van der Waals surface area contributed by atoms with Crippen LogP contribution in [0.4, 0.5) is 0 Å². The number of hydrogen-bond acceptors (Lipinski definition) is 1. The number of benzene rings is 6. The summed E-state index contributed by atoms with van der Waals surface area (Å²) >= 11 is 0. The van der Waals surface area contributed by atoms with Gasteiger partial charge in [0.05, 0.1) is 38.6 Å². The molecule has 6 aromatic carbocycles. The van der Waals surface area contributed by atoms with Crippen LogP contribution in [0.15, 0.2) is 158 Å². The van der Waals surface area contributed by atoms with E-state index in [1.165, 1.54) is 59.6 Å². The molecule has 0 aliphatic rings. The Morgan fingerprint density at radius 3 is 1.32 bits per heavy atom. The maximum absolute atomic E-state index is 5.38. The average Bonchev–Trinajstić information content (AvgIpc) is 3.78. The lowest BCUT2D eigenvalue weighted by atomic mass is 10.1. The van der Waals surface area contributed by atoms with E-state index in [4.69, 9.17) is 4.98 Å². The van der Waals surface area contributed by atoms with Crippen LogP contribution in [0.5, 0.6) is 0 Å². The lowest BCUT2D eigenvalue weighted by Gasteiger charge is -2.12. The Bertz CT molecular complexity index is 3030. The second-order valence-electron chi connectivity index (χ2n) is 12.4. The first kappa shape index (κ1) is 24.9. The van der Waals surface area contributed by atoms with Crippen LogP contribution >= 0.6 is 0 Å². The minimum atomic E-state index is 0.898. The van der Waals surface area contributed by atoms with E-state index in [1.807, 2.05) is 0 Å². The van der Waals surface area contributed by atoms with Gasteiger partial charge in [-0.1, -0.05) is 103 Å². The van der Waals surface area contributed by atoms with Crippen LogP contribution < -0.4 is 0 Å². The highest BCUT2D eigenvalue weighted by Gasteiger charge is 2.19. The summed E-state index contributed by atoms with van der Waals surface area (Å²) in [5, 5.41) is 9.92. The predicted molar refractivity (Wildman–Crippen MR) is 196 cm³/mol. The van der Waals surface area contributed by atoms with Crippen molar-refractivity contribution in [1.29, 1.82) is 0 Å². The van der Waals surface area contributed by atoms with Gasteiger partial charge >= 0.3 is 0 Å². The normalized spacial score (nSPS) is 12.3. The second kappa shape index (κ2) is 9.09. The van der Waals surface area contributed by atoms with E-state index in [1.54, 1.807) is 0 Å². The van der Waals surface area contributed by atoms with Crippen molar-refractivity contribution in [3.63, 3.8) is 0 Å². The molecule has 0 spiro atoms.